The zero-order chi connectivity index (χ0) is 20.6. The number of rotatable bonds is 7. The average Bonchev–Trinajstić information content (AvgIpc) is 2.76. The number of amides is 1. The highest BCUT2D eigenvalue weighted by atomic mass is 19.1. The second-order valence-electron chi connectivity index (χ2n) is 6.23. The molecule has 1 N–H and O–H groups in total. The summed E-state index contributed by atoms with van der Waals surface area (Å²) >= 11 is 0. The van der Waals surface area contributed by atoms with Crippen LogP contribution in [0.4, 0.5) is 4.39 Å². The Morgan fingerprint density at radius 2 is 1.45 bits per heavy atom. The molecule has 5 nitrogen and oxygen atoms in total. The number of oxime groups is 1. The van der Waals surface area contributed by atoms with Crippen LogP contribution in [-0.2, 0) is 9.63 Å². The van der Waals surface area contributed by atoms with Gasteiger partial charge in [-0.05, 0) is 23.3 Å². The van der Waals surface area contributed by atoms with Crippen LogP contribution >= 0.6 is 0 Å². The van der Waals surface area contributed by atoms with Crippen molar-refractivity contribution in [3.8, 4) is 0 Å². The quantitative estimate of drug-likeness (QED) is 0.288. The molecule has 3 rings (SSSR count). The van der Waals surface area contributed by atoms with E-state index < -0.39 is 11.7 Å². The lowest BCUT2D eigenvalue weighted by atomic mass is 9.89. The molecule has 0 aliphatic heterocycles. The van der Waals surface area contributed by atoms with E-state index in [1.165, 1.54) is 19.2 Å². The van der Waals surface area contributed by atoms with Crippen LogP contribution in [0.5, 0.6) is 0 Å². The molecule has 0 aromatic heterocycles. The molecular formula is C23H19FN2O3. The number of nitrogens with one attached hydrogen (secondary N) is 1. The lowest BCUT2D eigenvalue weighted by molar-refractivity contribution is -0.120. The average molecular weight is 390 g/mol. The Morgan fingerprint density at radius 3 is 2.03 bits per heavy atom. The van der Waals surface area contributed by atoms with Gasteiger partial charge in [-0.25, -0.2) is 4.39 Å². The van der Waals surface area contributed by atoms with E-state index in [9.17, 15) is 14.0 Å². The Hall–Kier alpha value is -3.80. The zero-order valence-electron chi connectivity index (χ0n) is 15.7. The standard InChI is InChI=1S/C23H19FN2O3/c1-29-26-15-25-23(28)21(17-11-13-20(24)14-12-17)16-7-9-19(10-8-16)22(27)18-5-3-2-4-6-18/h2-15,21H,1H3,(H,25,26,28)/t21-/m1/s1. The summed E-state index contributed by atoms with van der Waals surface area (Å²) in [4.78, 5) is 29.9. The van der Waals surface area contributed by atoms with Crippen LogP contribution in [0.1, 0.15) is 33.0 Å². The van der Waals surface area contributed by atoms with Crippen molar-refractivity contribution in [2.75, 3.05) is 7.11 Å². The first-order valence-corrected chi connectivity index (χ1v) is 8.90. The normalized spacial score (nSPS) is 11.8. The summed E-state index contributed by atoms with van der Waals surface area (Å²) in [7, 11) is 1.36. The SMILES string of the molecule is CO/N=C/NC(=O)[C@@H](c1ccc(F)cc1)c1ccc(C(=O)c2ccccc2)cc1. The van der Waals surface area contributed by atoms with Crippen molar-refractivity contribution < 1.29 is 18.8 Å². The molecule has 0 fully saturated rings. The molecule has 1 amide bonds. The molecular weight excluding hydrogens is 371 g/mol. The summed E-state index contributed by atoms with van der Waals surface area (Å²) in [6.07, 6.45) is 1.14. The topological polar surface area (TPSA) is 67.8 Å². The molecule has 0 aliphatic rings. The number of hydrogen-bond donors (Lipinski definition) is 1. The van der Waals surface area contributed by atoms with E-state index in [0.717, 1.165) is 6.34 Å². The van der Waals surface area contributed by atoms with Crippen LogP contribution in [0.2, 0.25) is 0 Å². The summed E-state index contributed by atoms with van der Waals surface area (Å²) in [6.45, 7) is 0. The van der Waals surface area contributed by atoms with Crippen LogP contribution < -0.4 is 5.32 Å². The van der Waals surface area contributed by atoms with Gasteiger partial charge in [0, 0.05) is 11.1 Å². The number of hydrogen-bond acceptors (Lipinski definition) is 4. The monoisotopic (exact) mass is 390 g/mol. The van der Waals surface area contributed by atoms with Crippen molar-refractivity contribution in [2.24, 2.45) is 5.16 Å². The number of benzene rings is 3. The van der Waals surface area contributed by atoms with Gasteiger partial charge in [-0.3, -0.25) is 9.59 Å². The molecule has 6 heteroatoms. The van der Waals surface area contributed by atoms with Gasteiger partial charge in [-0.2, -0.15) is 0 Å². The molecule has 0 unspecified atom stereocenters. The van der Waals surface area contributed by atoms with Gasteiger partial charge < -0.3 is 10.2 Å². The van der Waals surface area contributed by atoms with E-state index in [2.05, 4.69) is 15.3 Å². The van der Waals surface area contributed by atoms with E-state index in [0.29, 0.717) is 22.3 Å². The maximum Gasteiger partial charge on any atom is 0.237 e. The van der Waals surface area contributed by atoms with E-state index in [1.807, 2.05) is 6.07 Å². The van der Waals surface area contributed by atoms with Crippen molar-refractivity contribution in [2.45, 2.75) is 5.92 Å². The van der Waals surface area contributed by atoms with Crippen LogP contribution in [0.15, 0.2) is 84.0 Å². The third-order valence-electron chi connectivity index (χ3n) is 4.37. The first-order chi connectivity index (χ1) is 14.1. The van der Waals surface area contributed by atoms with Gasteiger partial charge in [0.05, 0.1) is 5.92 Å². The minimum Gasteiger partial charge on any atom is -0.398 e. The van der Waals surface area contributed by atoms with Crippen LogP contribution in [0, 0.1) is 5.82 Å². The van der Waals surface area contributed by atoms with E-state index in [1.54, 1.807) is 60.7 Å². The van der Waals surface area contributed by atoms with E-state index in [4.69, 9.17) is 0 Å². The van der Waals surface area contributed by atoms with Crippen molar-refractivity contribution in [1.29, 1.82) is 0 Å². The molecule has 0 aliphatic carbocycles. The number of halogens is 1. The minimum absolute atomic E-state index is 0.104. The Kier molecular flexibility index (Phi) is 6.47. The molecule has 0 saturated heterocycles. The summed E-state index contributed by atoms with van der Waals surface area (Å²) < 4.78 is 13.3. The van der Waals surface area contributed by atoms with Crippen molar-refractivity contribution >= 4 is 18.0 Å². The molecule has 0 radical (unpaired) electrons. The van der Waals surface area contributed by atoms with E-state index >= 15 is 0 Å². The van der Waals surface area contributed by atoms with Crippen molar-refractivity contribution in [3.63, 3.8) is 0 Å². The predicted octanol–water partition coefficient (Wildman–Crippen LogP) is 3.89. The molecule has 0 saturated carbocycles. The van der Waals surface area contributed by atoms with Crippen molar-refractivity contribution in [3.05, 3.63) is 107 Å². The van der Waals surface area contributed by atoms with Crippen molar-refractivity contribution in [1.82, 2.24) is 5.32 Å². The number of carbonyl (C=O) groups is 2. The fraction of sp³-hybridized carbons (Fsp3) is 0.0870. The predicted molar refractivity (Wildman–Crippen MR) is 108 cm³/mol. The molecule has 3 aromatic carbocycles. The van der Waals surface area contributed by atoms with Gasteiger partial charge in [0.15, 0.2) is 5.78 Å². The highest BCUT2D eigenvalue weighted by Crippen LogP contribution is 2.26. The summed E-state index contributed by atoms with van der Waals surface area (Å²) in [5.41, 5.74) is 2.37. The zero-order valence-corrected chi connectivity index (χ0v) is 15.7. The molecule has 29 heavy (non-hydrogen) atoms. The van der Waals surface area contributed by atoms with Crippen LogP contribution in [-0.4, -0.2) is 25.1 Å². The number of carbonyl (C=O) groups excluding carboxylic acids is 2. The summed E-state index contributed by atoms with van der Waals surface area (Å²) in [6, 6.07) is 21.4. The second-order valence-corrected chi connectivity index (χ2v) is 6.23. The largest absolute Gasteiger partial charge is 0.398 e. The Labute approximate surface area is 167 Å². The lowest BCUT2D eigenvalue weighted by Gasteiger charge is -2.17. The highest BCUT2D eigenvalue weighted by molar-refractivity contribution is 6.09. The van der Waals surface area contributed by atoms with Gasteiger partial charge >= 0.3 is 0 Å². The third kappa shape index (κ3) is 4.93. The minimum atomic E-state index is -0.709. The Balaban J connectivity index is 1.91. The van der Waals surface area contributed by atoms with Gasteiger partial charge in [-0.15, -0.1) is 0 Å². The first-order valence-electron chi connectivity index (χ1n) is 8.90. The maximum absolute atomic E-state index is 13.3. The smallest absolute Gasteiger partial charge is 0.237 e. The first kappa shape index (κ1) is 19.9. The van der Waals surface area contributed by atoms with Gasteiger partial charge in [-0.1, -0.05) is 71.9 Å². The Morgan fingerprint density at radius 1 is 0.897 bits per heavy atom. The van der Waals surface area contributed by atoms with Gasteiger partial charge in [0.1, 0.15) is 19.3 Å². The second kappa shape index (κ2) is 9.41. The Bertz CT molecular complexity index is 1000. The number of ketones is 1. The van der Waals surface area contributed by atoms with Gasteiger partial charge in [0.2, 0.25) is 5.91 Å². The molecule has 0 heterocycles. The summed E-state index contributed by atoms with van der Waals surface area (Å²) in [5.74, 6) is -1.57. The molecule has 0 spiro atoms. The maximum atomic E-state index is 13.3. The third-order valence-corrected chi connectivity index (χ3v) is 4.37. The van der Waals surface area contributed by atoms with Crippen LogP contribution in [0.3, 0.4) is 0 Å². The summed E-state index contributed by atoms with van der Waals surface area (Å²) in [5, 5.41) is 6.05. The lowest BCUT2D eigenvalue weighted by Crippen LogP contribution is -2.29. The number of nitrogens with zero attached hydrogens (tertiary/aromatic N) is 1. The molecule has 3 aromatic rings. The van der Waals surface area contributed by atoms with Gasteiger partial charge in [0.25, 0.3) is 0 Å². The molecule has 1 atom stereocenters. The fourth-order valence-electron chi connectivity index (χ4n) is 2.96. The highest BCUT2D eigenvalue weighted by Gasteiger charge is 2.23. The fourth-order valence-corrected chi connectivity index (χ4v) is 2.96. The molecule has 146 valence electrons. The van der Waals surface area contributed by atoms with Crippen LogP contribution in [0.25, 0.3) is 0 Å². The van der Waals surface area contributed by atoms with E-state index in [-0.39, 0.29) is 11.7 Å². The molecule has 0 bridgehead atoms.